The smallest absolute Gasteiger partial charge is 0.161 e. The fourth-order valence-corrected chi connectivity index (χ4v) is 2.18. The van der Waals surface area contributed by atoms with Gasteiger partial charge in [0.25, 0.3) is 0 Å². The van der Waals surface area contributed by atoms with Crippen LogP contribution in [-0.2, 0) is 0 Å². The SMILES string of the molecule is O=Cc1cnc(-c2cn3ccccc3n2)s1. The van der Waals surface area contributed by atoms with Crippen molar-refractivity contribution < 1.29 is 4.79 Å². The molecule has 5 heteroatoms. The van der Waals surface area contributed by atoms with Crippen molar-refractivity contribution >= 4 is 23.3 Å². The van der Waals surface area contributed by atoms with E-state index in [1.54, 1.807) is 6.20 Å². The van der Waals surface area contributed by atoms with Crippen LogP contribution in [0.4, 0.5) is 0 Å². The zero-order valence-electron chi connectivity index (χ0n) is 8.20. The van der Waals surface area contributed by atoms with Crippen molar-refractivity contribution in [3.05, 3.63) is 41.7 Å². The molecule has 0 N–H and O–H groups in total. The van der Waals surface area contributed by atoms with Gasteiger partial charge in [-0.2, -0.15) is 0 Å². The van der Waals surface area contributed by atoms with E-state index in [0.29, 0.717) is 4.88 Å². The molecular weight excluding hydrogens is 222 g/mol. The predicted octanol–water partition coefficient (Wildman–Crippen LogP) is 2.27. The van der Waals surface area contributed by atoms with Crippen LogP contribution < -0.4 is 0 Å². The molecule has 0 amide bonds. The Bertz CT molecular complexity index is 623. The van der Waals surface area contributed by atoms with E-state index in [0.717, 1.165) is 22.6 Å². The van der Waals surface area contributed by atoms with E-state index < -0.39 is 0 Å². The van der Waals surface area contributed by atoms with Gasteiger partial charge in [0, 0.05) is 18.6 Å². The minimum atomic E-state index is 0.618. The molecule has 0 atom stereocenters. The van der Waals surface area contributed by atoms with Crippen LogP contribution in [0, 0.1) is 0 Å². The van der Waals surface area contributed by atoms with E-state index >= 15 is 0 Å². The Balaban J connectivity index is 2.14. The Kier molecular flexibility index (Phi) is 2.04. The summed E-state index contributed by atoms with van der Waals surface area (Å²) in [6, 6.07) is 5.81. The van der Waals surface area contributed by atoms with Crippen molar-refractivity contribution in [2.75, 3.05) is 0 Å². The number of fused-ring (bicyclic) bond motifs is 1. The first kappa shape index (κ1) is 9.23. The van der Waals surface area contributed by atoms with Gasteiger partial charge in [-0.1, -0.05) is 6.07 Å². The Morgan fingerprint density at radius 3 is 3.06 bits per heavy atom. The number of thiazole rings is 1. The number of aldehydes is 1. The third-order valence-electron chi connectivity index (χ3n) is 2.22. The van der Waals surface area contributed by atoms with Gasteiger partial charge in [0.05, 0.1) is 4.88 Å². The van der Waals surface area contributed by atoms with Gasteiger partial charge in [-0.3, -0.25) is 4.79 Å². The van der Waals surface area contributed by atoms with E-state index in [2.05, 4.69) is 9.97 Å². The van der Waals surface area contributed by atoms with Crippen molar-refractivity contribution in [1.29, 1.82) is 0 Å². The van der Waals surface area contributed by atoms with Gasteiger partial charge >= 0.3 is 0 Å². The van der Waals surface area contributed by atoms with E-state index in [9.17, 15) is 4.79 Å². The molecule has 0 fully saturated rings. The lowest BCUT2D eigenvalue weighted by molar-refractivity contribution is 0.112. The van der Waals surface area contributed by atoms with Gasteiger partial charge in [0.2, 0.25) is 0 Å². The standard InChI is InChI=1S/C11H7N3OS/c15-7-8-5-12-11(16-8)9-6-14-4-2-1-3-10(14)13-9/h1-7H. The molecule has 0 aliphatic heterocycles. The van der Waals surface area contributed by atoms with Crippen molar-refractivity contribution in [1.82, 2.24) is 14.4 Å². The Morgan fingerprint density at radius 1 is 1.38 bits per heavy atom. The van der Waals surface area contributed by atoms with E-state index in [-0.39, 0.29) is 0 Å². The first-order valence-corrected chi connectivity index (χ1v) is 5.53. The number of imidazole rings is 1. The molecule has 0 aromatic carbocycles. The second-order valence-corrected chi connectivity index (χ2v) is 4.34. The maximum atomic E-state index is 10.6. The summed E-state index contributed by atoms with van der Waals surface area (Å²) in [6.45, 7) is 0. The lowest BCUT2D eigenvalue weighted by Crippen LogP contribution is -1.77. The number of hydrogen-bond donors (Lipinski definition) is 0. The third-order valence-corrected chi connectivity index (χ3v) is 3.17. The quantitative estimate of drug-likeness (QED) is 0.633. The summed E-state index contributed by atoms with van der Waals surface area (Å²) in [5.41, 5.74) is 1.67. The van der Waals surface area contributed by atoms with Crippen LogP contribution >= 0.6 is 11.3 Å². The number of carbonyl (C=O) groups excluding carboxylic acids is 1. The van der Waals surface area contributed by atoms with Gasteiger partial charge in [0.1, 0.15) is 16.3 Å². The van der Waals surface area contributed by atoms with Crippen molar-refractivity contribution in [2.24, 2.45) is 0 Å². The van der Waals surface area contributed by atoms with Crippen molar-refractivity contribution in [2.45, 2.75) is 0 Å². The second kappa shape index (κ2) is 3.53. The predicted molar refractivity (Wildman–Crippen MR) is 61.7 cm³/mol. The molecule has 0 saturated heterocycles. The molecule has 0 spiro atoms. The Labute approximate surface area is 95.2 Å². The molecule has 16 heavy (non-hydrogen) atoms. The van der Waals surface area contributed by atoms with Crippen LogP contribution in [0.3, 0.4) is 0 Å². The number of rotatable bonds is 2. The number of carbonyl (C=O) groups is 1. The van der Waals surface area contributed by atoms with Gasteiger partial charge in [-0.25, -0.2) is 9.97 Å². The molecule has 0 radical (unpaired) electrons. The summed E-state index contributed by atoms with van der Waals surface area (Å²) < 4.78 is 1.93. The average Bonchev–Trinajstić information content (AvgIpc) is 2.95. The van der Waals surface area contributed by atoms with Crippen LogP contribution in [0.25, 0.3) is 16.3 Å². The van der Waals surface area contributed by atoms with E-state index in [4.69, 9.17) is 0 Å². The summed E-state index contributed by atoms with van der Waals surface area (Å²) in [7, 11) is 0. The van der Waals surface area contributed by atoms with Crippen LogP contribution in [0.2, 0.25) is 0 Å². The highest BCUT2D eigenvalue weighted by Gasteiger charge is 2.08. The lowest BCUT2D eigenvalue weighted by atomic mass is 10.5. The first-order valence-electron chi connectivity index (χ1n) is 4.72. The normalized spacial score (nSPS) is 10.8. The van der Waals surface area contributed by atoms with Gasteiger partial charge in [-0.05, 0) is 12.1 Å². The Morgan fingerprint density at radius 2 is 2.31 bits per heavy atom. The van der Waals surface area contributed by atoms with Gasteiger partial charge in [0.15, 0.2) is 6.29 Å². The third kappa shape index (κ3) is 1.42. The lowest BCUT2D eigenvalue weighted by Gasteiger charge is -1.86. The summed E-state index contributed by atoms with van der Waals surface area (Å²) in [6.07, 6.45) is 6.21. The molecule has 0 bridgehead atoms. The molecule has 0 saturated carbocycles. The minimum Gasteiger partial charge on any atom is -0.306 e. The monoisotopic (exact) mass is 229 g/mol. The zero-order chi connectivity index (χ0) is 11.0. The van der Waals surface area contributed by atoms with Crippen LogP contribution in [-0.4, -0.2) is 20.7 Å². The molecule has 0 aliphatic rings. The highest BCUT2D eigenvalue weighted by Crippen LogP contribution is 2.23. The largest absolute Gasteiger partial charge is 0.306 e. The molecule has 78 valence electrons. The fraction of sp³-hybridized carbons (Fsp3) is 0. The van der Waals surface area contributed by atoms with Crippen LogP contribution in [0.1, 0.15) is 9.67 Å². The Hall–Kier alpha value is -2.01. The molecular formula is C11H7N3OS. The molecule has 0 aliphatic carbocycles. The molecule has 3 rings (SSSR count). The zero-order valence-corrected chi connectivity index (χ0v) is 9.02. The van der Waals surface area contributed by atoms with Crippen LogP contribution in [0.5, 0.6) is 0 Å². The van der Waals surface area contributed by atoms with Crippen molar-refractivity contribution in [3.63, 3.8) is 0 Å². The molecule has 3 aromatic heterocycles. The van der Waals surface area contributed by atoms with E-state index in [1.165, 1.54) is 11.3 Å². The van der Waals surface area contributed by atoms with Crippen molar-refractivity contribution in [3.8, 4) is 10.7 Å². The molecule has 3 heterocycles. The average molecular weight is 229 g/mol. The maximum Gasteiger partial charge on any atom is 0.161 e. The summed E-state index contributed by atoms with van der Waals surface area (Å²) >= 11 is 1.35. The highest BCUT2D eigenvalue weighted by atomic mass is 32.1. The molecule has 0 unspecified atom stereocenters. The molecule has 3 aromatic rings. The van der Waals surface area contributed by atoms with Gasteiger partial charge in [-0.15, -0.1) is 11.3 Å². The number of aromatic nitrogens is 3. The highest BCUT2D eigenvalue weighted by molar-refractivity contribution is 7.16. The minimum absolute atomic E-state index is 0.618. The summed E-state index contributed by atoms with van der Waals surface area (Å²) in [5, 5.41) is 0.769. The summed E-state index contributed by atoms with van der Waals surface area (Å²) in [4.78, 5) is 19.8. The molecule has 4 nitrogen and oxygen atoms in total. The number of nitrogens with zero attached hydrogens (tertiary/aromatic N) is 3. The van der Waals surface area contributed by atoms with E-state index in [1.807, 2.05) is 35.0 Å². The summed E-state index contributed by atoms with van der Waals surface area (Å²) in [5.74, 6) is 0. The topological polar surface area (TPSA) is 47.3 Å². The van der Waals surface area contributed by atoms with Gasteiger partial charge < -0.3 is 4.40 Å². The maximum absolute atomic E-state index is 10.6. The number of hydrogen-bond acceptors (Lipinski definition) is 4. The van der Waals surface area contributed by atoms with Crippen LogP contribution in [0.15, 0.2) is 36.8 Å². The first-order chi connectivity index (χ1) is 7.86. The fourth-order valence-electron chi connectivity index (χ4n) is 1.50. The second-order valence-electron chi connectivity index (χ2n) is 3.28. The number of pyridine rings is 1.